The minimum Gasteiger partial charge on any atom is -0.387 e. The lowest BCUT2D eigenvalue weighted by Gasteiger charge is -2.05. The van der Waals surface area contributed by atoms with E-state index in [9.17, 15) is 0 Å². The smallest absolute Gasteiger partial charge is 0.0972 e. The summed E-state index contributed by atoms with van der Waals surface area (Å²) in [5.41, 5.74) is 5.98. The monoisotopic (exact) mass is 190 g/mol. The van der Waals surface area contributed by atoms with Crippen LogP contribution in [0.2, 0.25) is 0 Å². The zero-order chi connectivity index (χ0) is 9.28. The van der Waals surface area contributed by atoms with Crippen LogP contribution in [0.15, 0.2) is 4.99 Å². The van der Waals surface area contributed by atoms with Crippen LogP contribution in [0.1, 0.15) is 32.1 Å². The van der Waals surface area contributed by atoms with Crippen molar-refractivity contribution in [3.05, 3.63) is 0 Å². The highest BCUT2D eigenvalue weighted by molar-refractivity contribution is 5.85. The molecule has 0 aliphatic heterocycles. The molecular formula is C12H18N2. The van der Waals surface area contributed by atoms with Crippen molar-refractivity contribution in [3.63, 3.8) is 0 Å². The highest BCUT2D eigenvalue weighted by Gasteiger charge is 2.65. The molecule has 4 aliphatic carbocycles. The van der Waals surface area contributed by atoms with Crippen molar-refractivity contribution in [3.8, 4) is 0 Å². The Morgan fingerprint density at radius 1 is 1.00 bits per heavy atom. The summed E-state index contributed by atoms with van der Waals surface area (Å²) in [6.07, 6.45) is 7.08. The van der Waals surface area contributed by atoms with E-state index in [2.05, 4.69) is 0 Å². The van der Waals surface area contributed by atoms with E-state index in [1.54, 1.807) is 0 Å². The molecule has 4 saturated carbocycles. The van der Waals surface area contributed by atoms with Crippen molar-refractivity contribution in [1.82, 2.24) is 0 Å². The lowest BCUT2D eigenvalue weighted by Crippen LogP contribution is -2.16. The Bertz CT molecular complexity index is 289. The molecule has 2 bridgehead atoms. The molecule has 0 aromatic rings. The molecule has 0 heterocycles. The van der Waals surface area contributed by atoms with Gasteiger partial charge in [0, 0.05) is 5.92 Å². The maximum absolute atomic E-state index is 5.98. The van der Waals surface area contributed by atoms with E-state index in [0.717, 1.165) is 29.5 Å². The topological polar surface area (TPSA) is 38.4 Å². The van der Waals surface area contributed by atoms with E-state index in [4.69, 9.17) is 10.7 Å². The van der Waals surface area contributed by atoms with Crippen molar-refractivity contribution in [2.75, 3.05) is 0 Å². The van der Waals surface area contributed by atoms with Gasteiger partial charge in [0.25, 0.3) is 0 Å². The molecular weight excluding hydrogens is 172 g/mol. The second kappa shape index (κ2) is 2.34. The van der Waals surface area contributed by atoms with Gasteiger partial charge < -0.3 is 5.73 Å². The molecule has 76 valence electrons. The molecule has 0 radical (unpaired) electrons. The van der Waals surface area contributed by atoms with E-state index < -0.39 is 0 Å². The minimum atomic E-state index is 0.668. The first-order valence-electron chi connectivity index (χ1n) is 6.18. The molecule has 14 heavy (non-hydrogen) atoms. The molecule has 0 aromatic carbocycles. The summed E-state index contributed by atoms with van der Waals surface area (Å²) in [6, 6.07) is 0.668. The van der Waals surface area contributed by atoms with E-state index in [-0.39, 0.29) is 0 Å². The van der Waals surface area contributed by atoms with Crippen LogP contribution in [0.4, 0.5) is 0 Å². The Kier molecular flexibility index (Phi) is 1.29. The number of hydrogen-bond donors (Lipinski definition) is 1. The van der Waals surface area contributed by atoms with Gasteiger partial charge in [-0.15, -0.1) is 0 Å². The fraction of sp³-hybridized carbons (Fsp3) is 0.917. The molecule has 4 aliphatic rings. The second-order valence-electron chi connectivity index (χ2n) is 5.81. The van der Waals surface area contributed by atoms with Gasteiger partial charge in [-0.2, -0.15) is 0 Å². The number of nitrogens with two attached hydrogens (primary N) is 1. The first-order chi connectivity index (χ1) is 6.84. The number of rotatable bonds is 2. The lowest BCUT2D eigenvalue weighted by atomic mass is 10.0. The van der Waals surface area contributed by atoms with Crippen molar-refractivity contribution in [1.29, 1.82) is 0 Å². The van der Waals surface area contributed by atoms with E-state index >= 15 is 0 Å². The molecule has 0 amide bonds. The number of amidine groups is 1. The molecule has 0 spiro atoms. The summed E-state index contributed by atoms with van der Waals surface area (Å²) in [5.74, 6) is 5.66. The molecule has 2 N–H and O–H groups in total. The Morgan fingerprint density at radius 3 is 2.21 bits per heavy atom. The molecule has 4 atom stereocenters. The molecule has 2 heteroatoms. The van der Waals surface area contributed by atoms with Gasteiger partial charge in [-0.3, -0.25) is 4.99 Å². The maximum Gasteiger partial charge on any atom is 0.0972 e. The summed E-state index contributed by atoms with van der Waals surface area (Å²) < 4.78 is 0. The molecule has 4 fully saturated rings. The van der Waals surface area contributed by atoms with Gasteiger partial charge in [0.05, 0.1) is 11.9 Å². The van der Waals surface area contributed by atoms with Gasteiger partial charge in [-0.1, -0.05) is 0 Å². The maximum atomic E-state index is 5.98. The van der Waals surface area contributed by atoms with E-state index in [0.29, 0.717) is 12.0 Å². The van der Waals surface area contributed by atoms with Crippen LogP contribution < -0.4 is 5.73 Å². The van der Waals surface area contributed by atoms with Crippen LogP contribution in [0.5, 0.6) is 0 Å². The summed E-state index contributed by atoms with van der Waals surface area (Å²) in [5, 5.41) is 0. The normalized spacial score (nSPS) is 54.9. The van der Waals surface area contributed by atoms with Crippen LogP contribution in [-0.4, -0.2) is 11.9 Å². The predicted octanol–water partition coefficient (Wildman–Crippen LogP) is 1.80. The summed E-state index contributed by atoms with van der Waals surface area (Å²) in [7, 11) is 0. The SMILES string of the molecule is NC(=NC1C2C3CCC(C3)C12)C1CC1. The summed E-state index contributed by atoms with van der Waals surface area (Å²) in [4.78, 5) is 4.77. The Morgan fingerprint density at radius 2 is 1.64 bits per heavy atom. The van der Waals surface area contributed by atoms with Crippen molar-refractivity contribution >= 4 is 5.84 Å². The average Bonchev–Trinajstić information content (AvgIpc) is 3.07. The summed E-state index contributed by atoms with van der Waals surface area (Å²) >= 11 is 0. The number of nitrogens with zero attached hydrogens (tertiary/aromatic N) is 1. The number of aliphatic imine (C=N–C) groups is 1. The van der Waals surface area contributed by atoms with Crippen LogP contribution in [0.3, 0.4) is 0 Å². The van der Waals surface area contributed by atoms with Gasteiger partial charge in [-0.25, -0.2) is 0 Å². The highest BCUT2D eigenvalue weighted by Crippen LogP contribution is 2.67. The molecule has 0 saturated heterocycles. The van der Waals surface area contributed by atoms with E-state index in [1.807, 2.05) is 0 Å². The summed E-state index contributed by atoms with van der Waals surface area (Å²) in [6.45, 7) is 0. The fourth-order valence-electron chi connectivity index (χ4n) is 4.11. The average molecular weight is 190 g/mol. The zero-order valence-corrected chi connectivity index (χ0v) is 8.52. The first kappa shape index (κ1) is 7.72. The largest absolute Gasteiger partial charge is 0.387 e. The van der Waals surface area contributed by atoms with Gasteiger partial charge >= 0.3 is 0 Å². The standard InChI is InChI=1S/C12H18N2/c13-12(6-1-2-6)14-11-9-7-3-4-8(5-7)10(9)11/h6-11H,1-5H2,(H2,13,14). The predicted molar refractivity (Wildman–Crippen MR) is 55.9 cm³/mol. The molecule has 2 nitrogen and oxygen atoms in total. The third-order valence-corrected chi connectivity index (χ3v) is 4.99. The first-order valence-corrected chi connectivity index (χ1v) is 6.18. The quantitative estimate of drug-likeness (QED) is 0.523. The third-order valence-electron chi connectivity index (χ3n) is 4.99. The van der Waals surface area contributed by atoms with Crippen molar-refractivity contribution in [2.24, 2.45) is 40.3 Å². The Hall–Kier alpha value is -0.530. The van der Waals surface area contributed by atoms with Crippen LogP contribution in [-0.2, 0) is 0 Å². The van der Waals surface area contributed by atoms with Crippen molar-refractivity contribution in [2.45, 2.75) is 38.1 Å². The number of hydrogen-bond acceptors (Lipinski definition) is 1. The number of fused-ring (bicyclic) bond motifs is 5. The van der Waals surface area contributed by atoms with Crippen LogP contribution >= 0.6 is 0 Å². The van der Waals surface area contributed by atoms with Gasteiger partial charge in [0.15, 0.2) is 0 Å². The lowest BCUT2D eigenvalue weighted by molar-refractivity contribution is 0.456. The van der Waals surface area contributed by atoms with E-state index in [1.165, 1.54) is 32.1 Å². The van der Waals surface area contributed by atoms with Gasteiger partial charge in [-0.05, 0) is 55.8 Å². The highest BCUT2D eigenvalue weighted by atomic mass is 15.0. The Balaban J connectivity index is 1.52. The Labute approximate surface area is 85.0 Å². The minimum absolute atomic E-state index is 0.668. The molecule has 4 rings (SSSR count). The van der Waals surface area contributed by atoms with Gasteiger partial charge in [0.2, 0.25) is 0 Å². The fourth-order valence-corrected chi connectivity index (χ4v) is 4.11. The second-order valence-corrected chi connectivity index (χ2v) is 5.81. The third kappa shape index (κ3) is 0.896. The molecule has 4 unspecified atom stereocenters. The van der Waals surface area contributed by atoms with Crippen LogP contribution in [0, 0.1) is 29.6 Å². The van der Waals surface area contributed by atoms with Crippen LogP contribution in [0.25, 0.3) is 0 Å². The van der Waals surface area contributed by atoms with Gasteiger partial charge in [0.1, 0.15) is 0 Å². The molecule has 0 aromatic heterocycles. The van der Waals surface area contributed by atoms with Crippen molar-refractivity contribution < 1.29 is 0 Å². The zero-order valence-electron chi connectivity index (χ0n) is 8.52.